The Kier molecular flexibility index (Phi) is 5.92. The molecule has 3 rings (SSSR count). The van der Waals surface area contributed by atoms with E-state index in [1.807, 2.05) is 13.0 Å². The highest BCUT2D eigenvalue weighted by atomic mass is 19.4. The third kappa shape index (κ3) is 5.53. The van der Waals surface area contributed by atoms with Crippen LogP contribution in [0.4, 0.5) is 37.7 Å². The van der Waals surface area contributed by atoms with E-state index < -0.39 is 36.7 Å². The average Bonchev–Trinajstić information content (AvgIpc) is 3.14. The second-order valence-electron chi connectivity index (χ2n) is 6.65. The molecular weight excluding hydrogens is 426 g/mol. The van der Waals surface area contributed by atoms with Gasteiger partial charge in [0.15, 0.2) is 5.69 Å². The first kappa shape index (κ1) is 22.1. The lowest BCUT2D eigenvalue weighted by molar-refractivity contribution is -0.136. The molecule has 0 aliphatic heterocycles. The summed E-state index contributed by atoms with van der Waals surface area (Å²) in [4.78, 5) is 3.42. The van der Waals surface area contributed by atoms with Crippen LogP contribution < -0.4 is 4.90 Å². The maximum atomic E-state index is 13.2. The van der Waals surface area contributed by atoms with Gasteiger partial charge in [0.1, 0.15) is 6.54 Å². The monoisotopic (exact) mass is 440 g/mol. The molecule has 0 saturated carbocycles. The SMILES string of the molecule is [C-]#[N+]c1ccc(N(Cc2nnc(-c3cccc(C)c3)o2)CC(F)(F)F)cc1C(F)(F)F. The average molecular weight is 440 g/mol. The molecule has 0 radical (unpaired) electrons. The Labute approximate surface area is 172 Å². The van der Waals surface area contributed by atoms with E-state index in [4.69, 9.17) is 11.0 Å². The highest BCUT2D eigenvalue weighted by Gasteiger charge is 2.36. The number of alkyl halides is 6. The minimum Gasteiger partial charge on any atom is -0.419 e. The van der Waals surface area contributed by atoms with Gasteiger partial charge in [0.05, 0.1) is 18.7 Å². The first-order valence-electron chi connectivity index (χ1n) is 8.76. The van der Waals surface area contributed by atoms with E-state index in [0.717, 1.165) is 17.7 Å². The summed E-state index contributed by atoms with van der Waals surface area (Å²) in [5.41, 5.74) is -0.953. The molecule has 31 heavy (non-hydrogen) atoms. The van der Waals surface area contributed by atoms with Gasteiger partial charge in [0.25, 0.3) is 0 Å². The first-order chi connectivity index (χ1) is 14.5. The summed E-state index contributed by atoms with van der Waals surface area (Å²) in [5, 5.41) is 7.54. The van der Waals surface area contributed by atoms with Crippen LogP contribution in [0.1, 0.15) is 17.0 Å². The topological polar surface area (TPSA) is 46.5 Å². The molecule has 0 aliphatic rings. The van der Waals surface area contributed by atoms with Crippen molar-refractivity contribution in [3.63, 3.8) is 0 Å². The van der Waals surface area contributed by atoms with Crippen LogP contribution in [0.2, 0.25) is 0 Å². The van der Waals surface area contributed by atoms with Gasteiger partial charge < -0.3 is 9.32 Å². The van der Waals surface area contributed by atoms with Crippen molar-refractivity contribution in [1.29, 1.82) is 0 Å². The summed E-state index contributed by atoms with van der Waals surface area (Å²) in [6.45, 7) is 6.57. The van der Waals surface area contributed by atoms with E-state index in [9.17, 15) is 26.3 Å². The summed E-state index contributed by atoms with van der Waals surface area (Å²) < 4.78 is 84.5. The number of hydrogen-bond donors (Lipinski definition) is 0. The van der Waals surface area contributed by atoms with Crippen molar-refractivity contribution in [2.75, 3.05) is 11.4 Å². The van der Waals surface area contributed by atoms with Crippen molar-refractivity contribution in [3.05, 3.63) is 70.9 Å². The van der Waals surface area contributed by atoms with Crippen molar-refractivity contribution in [2.45, 2.75) is 25.8 Å². The number of benzene rings is 2. The fourth-order valence-corrected chi connectivity index (χ4v) is 2.88. The van der Waals surface area contributed by atoms with Gasteiger partial charge >= 0.3 is 12.4 Å². The molecule has 5 nitrogen and oxygen atoms in total. The quantitative estimate of drug-likeness (QED) is 0.351. The fraction of sp³-hybridized carbons (Fsp3) is 0.250. The van der Waals surface area contributed by atoms with E-state index in [1.165, 1.54) is 0 Å². The van der Waals surface area contributed by atoms with Crippen LogP contribution >= 0.6 is 0 Å². The second-order valence-corrected chi connectivity index (χ2v) is 6.65. The van der Waals surface area contributed by atoms with E-state index in [2.05, 4.69) is 15.0 Å². The number of rotatable bonds is 5. The minimum absolute atomic E-state index is 0.0741. The van der Waals surface area contributed by atoms with E-state index in [-0.39, 0.29) is 17.5 Å². The number of nitrogens with zero attached hydrogens (tertiary/aromatic N) is 4. The molecule has 0 spiro atoms. The van der Waals surface area contributed by atoms with Crippen LogP contribution in [0.3, 0.4) is 0 Å². The molecule has 1 aromatic heterocycles. The van der Waals surface area contributed by atoms with Crippen molar-refractivity contribution >= 4 is 11.4 Å². The van der Waals surface area contributed by atoms with E-state index >= 15 is 0 Å². The molecule has 0 amide bonds. The Bertz CT molecular complexity index is 1110. The molecule has 1 heterocycles. The van der Waals surface area contributed by atoms with Gasteiger partial charge in [-0.3, -0.25) is 0 Å². The fourth-order valence-electron chi connectivity index (χ4n) is 2.88. The molecule has 0 fully saturated rings. The van der Waals surface area contributed by atoms with Crippen LogP contribution in [0, 0.1) is 13.5 Å². The summed E-state index contributed by atoms with van der Waals surface area (Å²) in [6.07, 6.45) is -9.61. The number of hydrogen-bond acceptors (Lipinski definition) is 4. The summed E-state index contributed by atoms with van der Waals surface area (Å²) >= 11 is 0. The zero-order valence-electron chi connectivity index (χ0n) is 15.9. The molecule has 3 aromatic rings. The van der Waals surface area contributed by atoms with E-state index in [0.29, 0.717) is 16.5 Å². The summed E-state index contributed by atoms with van der Waals surface area (Å²) in [6, 6.07) is 9.35. The van der Waals surface area contributed by atoms with Crippen molar-refractivity contribution in [2.24, 2.45) is 0 Å². The lowest BCUT2D eigenvalue weighted by Crippen LogP contribution is -2.34. The molecule has 162 valence electrons. The zero-order chi connectivity index (χ0) is 22.8. The van der Waals surface area contributed by atoms with Crippen molar-refractivity contribution < 1.29 is 30.8 Å². The third-order valence-electron chi connectivity index (χ3n) is 4.20. The Morgan fingerprint density at radius 1 is 1.03 bits per heavy atom. The van der Waals surface area contributed by atoms with Crippen LogP contribution in [0.15, 0.2) is 46.9 Å². The maximum Gasteiger partial charge on any atom is 0.407 e. The lowest BCUT2D eigenvalue weighted by Gasteiger charge is -2.25. The largest absolute Gasteiger partial charge is 0.419 e. The normalized spacial score (nSPS) is 11.9. The van der Waals surface area contributed by atoms with Gasteiger partial charge in [-0.05, 0) is 31.2 Å². The molecule has 0 aliphatic carbocycles. The Hall–Kier alpha value is -3.55. The van der Waals surface area contributed by atoms with Gasteiger partial charge in [-0.25, -0.2) is 4.85 Å². The molecule has 0 unspecified atom stereocenters. The van der Waals surface area contributed by atoms with Crippen LogP contribution in [0.25, 0.3) is 16.3 Å². The molecule has 0 atom stereocenters. The van der Waals surface area contributed by atoms with Gasteiger partial charge in [-0.15, -0.1) is 10.2 Å². The number of aromatic nitrogens is 2. The van der Waals surface area contributed by atoms with Crippen LogP contribution in [-0.2, 0) is 12.7 Å². The van der Waals surface area contributed by atoms with E-state index in [1.54, 1.807) is 18.2 Å². The number of halogens is 6. The molecule has 2 aromatic carbocycles. The highest BCUT2D eigenvalue weighted by Crippen LogP contribution is 2.39. The second kappa shape index (κ2) is 8.29. The molecule has 11 heteroatoms. The molecule has 0 N–H and O–H groups in total. The molecule has 0 saturated heterocycles. The number of anilines is 1. The van der Waals surface area contributed by atoms with Gasteiger partial charge in [0.2, 0.25) is 11.8 Å². The smallest absolute Gasteiger partial charge is 0.407 e. The Morgan fingerprint density at radius 2 is 1.77 bits per heavy atom. The predicted octanol–water partition coefficient (Wildman–Crippen LogP) is 6.18. The van der Waals surface area contributed by atoms with Crippen LogP contribution in [-0.4, -0.2) is 22.9 Å². The summed E-state index contributed by atoms with van der Waals surface area (Å²) in [7, 11) is 0. The lowest BCUT2D eigenvalue weighted by atomic mass is 10.1. The zero-order valence-corrected chi connectivity index (χ0v) is 15.9. The van der Waals surface area contributed by atoms with Gasteiger partial charge in [-0.1, -0.05) is 23.8 Å². The standard InChI is InChI=1S/C20H14F6N4O/c1-12-4-3-5-13(8-12)18-29-28-17(31-18)10-30(11-19(21,22)23)14-6-7-16(27-2)15(9-14)20(24,25)26/h3-9H,10-11H2,1H3. The van der Waals surface area contributed by atoms with Gasteiger partial charge in [0, 0.05) is 11.3 Å². The van der Waals surface area contributed by atoms with Crippen molar-refractivity contribution in [3.8, 4) is 11.5 Å². The maximum absolute atomic E-state index is 13.2. The first-order valence-corrected chi connectivity index (χ1v) is 8.76. The predicted molar refractivity (Wildman–Crippen MR) is 99.3 cm³/mol. The Balaban J connectivity index is 1.95. The van der Waals surface area contributed by atoms with Crippen LogP contribution in [0.5, 0.6) is 0 Å². The molecular formula is C20H14F6N4O. The minimum atomic E-state index is -4.90. The summed E-state index contributed by atoms with van der Waals surface area (Å²) in [5.74, 6) is -0.131. The Morgan fingerprint density at radius 3 is 2.39 bits per heavy atom. The molecule has 0 bridgehead atoms. The van der Waals surface area contributed by atoms with Crippen molar-refractivity contribution in [1.82, 2.24) is 10.2 Å². The van der Waals surface area contributed by atoms with Gasteiger partial charge in [-0.2, -0.15) is 26.3 Å². The highest BCUT2D eigenvalue weighted by molar-refractivity contribution is 5.62. The third-order valence-corrected chi connectivity index (χ3v) is 4.20. The number of aryl methyl sites for hydroxylation is 1.